The molecule has 2 N–H and O–H groups in total. The van der Waals surface area contributed by atoms with Crippen molar-refractivity contribution in [3.05, 3.63) is 34.9 Å². The van der Waals surface area contributed by atoms with Gasteiger partial charge in [-0.25, -0.2) is 0 Å². The zero-order valence-electron chi connectivity index (χ0n) is 11.5. The van der Waals surface area contributed by atoms with Crippen LogP contribution in [0.25, 0.3) is 0 Å². The lowest BCUT2D eigenvalue weighted by molar-refractivity contribution is -0.136. The van der Waals surface area contributed by atoms with Gasteiger partial charge in [-0.1, -0.05) is 29.8 Å². The molecule has 1 aromatic rings. The molecule has 1 aliphatic carbocycles. The quantitative estimate of drug-likeness (QED) is 0.925. The van der Waals surface area contributed by atoms with E-state index in [4.69, 9.17) is 17.3 Å². The second-order valence-electron chi connectivity index (χ2n) is 5.42. The molecular weight excluding hydrogens is 260 g/mol. The number of rotatable bonds is 3. The van der Waals surface area contributed by atoms with Gasteiger partial charge in [-0.3, -0.25) is 4.79 Å². The van der Waals surface area contributed by atoms with Crippen LogP contribution in [0.4, 0.5) is 0 Å². The molecule has 0 bridgehead atoms. The largest absolute Gasteiger partial charge is 0.339 e. The van der Waals surface area contributed by atoms with Crippen LogP contribution in [0, 0.1) is 5.92 Å². The molecule has 2 rings (SSSR count). The molecule has 0 aliphatic heterocycles. The van der Waals surface area contributed by atoms with Gasteiger partial charge in [0.05, 0.1) is 6.04 Å². The van der Waals surface area contributed by atoms with Crippen LogP contribution >= 0.6 is 11.6 Å². The molecule has 0 spiro atoms. The molecule has 1 aromatic carbocycles. The standard InChI is InChI=1S/C15H21ClN2O/c1-10(13-5-3-4-6-14(13)16)18(2)15(19)11-7-8-12(17)9-11/h3-6,10-12H,7-9,17H2,1-2H3/t10-,11-,12-/m1/s1. The van der Waals surface area contributed by atoms with Crippen LogP contribution in [0.3, 0.4) is 0 Å². The zero-order valence-corrected chi connectivity index (χ0v) is 12.2. The molecule has 3 atom stereocenters. The third-order valence-electron chi connectivity index (χ3n) is 4.11. The average molecular weight is 281 g/mol. The van der Waals surface area contributed by atoms with Crippen LogP contribution in [0.1, 0.15) is 37.8 Å². The highest BCUT2D eigenvalue weighted by molar-refractivity contribution is 6.31. The van der Waals surface area contributed by atoms with Crippen LogP contribution in [0.15, 0.2) is 24.3 Å². The Morgan fingerprint density at radius 2 is 2.11 bits per heavy atom. The summed E-state index contributed by atoms with van der Waals surface area (Å²) in [5, 5.41) is 0.706. The Hall–Kier alpha value is -1.06. The fraction of sp³-hybridized carbons (Fsp3) is 0.533. The molecule has 4 heteroatoms. The van der Waals surface area contributed by atoms with Crippen molar-refractivity contribution in [3.63, 3.8) is 0 Å². The molecule has 0 aromatic heterocycles. The summed E-state index contributed by atoms with van der Waals surface area (Å²) in [4.78, 5) is 14.2. The van der Waals surface area contributed by atoms with Gasteiger partial charge < -0.3 is 10.6 Å². The van der Waals surface area contributed by atoms with E-state index in [0.717, 1.165) is 24.8 Å². The van der Waals surface area contributed by atoms with Crippen LogP contribution in [0.5, 0.6) is 0 Å². The fourth-order valence-corrected chi connectivity index (χ4v) is 3.04. The van der Waals surface area contributed by atoms with Crippen molar-refractivity contribution in [1.29, 1.82) is 0 Å². The maximum Gasteiger partial charge on any atom is 0.225 e. The van der Waals surface area contributed by atoms with Gasteiger partial charge in [-0.15, -0.1) is 0 Å². The van der Waals surface area contributed by atoms with Crippen LogP contribution < -0.4 is 5.73 Å². The zero-order chi connectivity index (χ0) is 14.0. The van der Waals surface area contributed by atoms with E-state index >= 15 is 0 Å². The van der Waals surface area contributed by atoms with E-state index in [1.807, 2.05) is 38.2 Å². The van der Waals surface area contributed by atoms with Crippen molar-refractivity contribution in [1.82, 2.24) is 4.90 Å². The topological polar surface area (TPSA) is 46.3 Å². The number of hydrogen-bond donors (Lipinski definition) is 1. The van der Waals surface area contributed by atoms with Gasteiger partial charge in [0.15, 0.2) is 0 Å². The second kappa shape index (κ2) is 5.93. The Morgan fingerprint density at radius 1 is 1.42 bits per heavy atom. The van der Waals surface area contributed by atoms with E-state index in [-0.39, 0.29) is 23.9 Å². The van der Waals surface area contributed by atoms with Gasteiger partial charge in [0.2, 0.25) is 5.91 Å². The Morgan fingerprint density at radius 3 is 2.68 bits per heavy atom. The number of hydrogen-bond acceptors (Lipinski definition) is 2. The Bertz CT molecular complexity index is 463. The molecule has 104 valence electrons. The number of nitrogens with two attached hydrogens (primary N) is 1. The van der Waals surface area contributed by atoms with E-state index in [9.17, 15) is 4.79 Å². The monoisotopic (exact) mass is 280 g/mol. The number of carbonyl (C=O) groups is 1. The number of carbonyl (C=O) groups excluding carboxylic acids is 1. The van der Waals surface area contributed by atoms with Crippen molar-refractivity contribution in [2.24, 2.45) is 11.7 Å². The SMILES string of the molecule is C[C@H](c1ccccc1Cl)N(C)C(=O)[C@@H]1CC[C@@H](N)C1. The van der Waals surface area contributed by atoms with Gasteiger partial charge >= 0.3 is 0 Å². The van der Waals surface area contributed by atoms with Crippen LogP contribution in [-0.4, -0.2) is 23.9 Å². The molecule has 0 heterocycles. The van der Waals surface area contributed by atoms with E-state index in [1.54, 1.807) is 4.90 Å². The summed E-state index contributed by atoms with van der Waals surface area (Å²) < 4.78 is 0. The first-order chi connectivity index (χ1) is 9.00. The van der Waals surface area contributed by atoms with Crippen LogP contribution in [0.2, 0.25) is 5.02 Å². The number of halogens is 1. The summed E-state index contributed by atoms with van der Waals surface area (Å²) in [6.07, 6.45) is 2.66. The van der Waals surface area contributed by atoms with Gasteiger partial charge in [0.25, 0.3) is 0 Å². The number of benzene rings is 1. The molecule has 0 saturated heterocycles. The van der Waals surface area contributed by atoms with Gasteiger partial charge in [0.1, 0.15) is 0 Å². The number of nitrogens with zero attached hydrogens (tertiary/aromatic N) is 1. The van der Waals surface area contributed by atoms with Gasteiger partial charge in [-0.2, -0.15) is 0 Å². The first-order valence-corrected chi connectivity index (χ1v) is 7.15. The Labute approximate surface area is 119 Å². The molecule has 1 fully saturated rings. The first-order valence-electron chi connectivity index (χ1n) is 6.77. The summed E-state index contributed by atoms with van der Waals surface area (Å²) in [7, 11) is 1.85. The molecule has 0 unspecified atom stereocenters. The highest BCUT2D eigenvalue weighted by atomic mass is 35.5. The lowest BCUT2D eigenvalue weighted by Gasteiger charge is -2.28. The summed E-state index contributed by atoms with van der Waals surface area (Å²) in [5.41, 5.74) is 6.87. The summed E-state index contributed by atoms with van der Waals surface area (Å²) in [6.45, 7) is 2.01. The Balaban J connectivity index is 2.09. The van der Waals surface area contributed by atoms with Crippen molar-refractivity contribution in [3.8, 4) is 0 Å². The normalized spacial score (nSPS) is 24.2. The lowest BCUT2D eigenvalue weighted by atomic mass is 10.0. The third-order valence-corrected chi connectivity index (χ3v) is 4.45. The molecule has 0 radical (unpaired) electrons. The van der Waals surface area contributed by atoms with Gasteiger partial charge in [-0.05, 0) is 37.8 Å². The van der Waals surface area contributed by atoms with E-state index in [1.165, 1.54) is 0 Å². The summed E-state index contributed by atoms with van der Waals surface area (Å²) in [6, 6.07) is 7.84. The summed E-state index contributed by atoms with van der Waals surface area (Å²) >= 11 is 6.19. The first kappa shape index (κ1) is 14.4. The predicted molar refractivity (Wildman–Crippen MR) is 78.0 cm³/mol. The maximum absolute atomic E-state index is 12.4. The van der Waals surface area contributed by atoms with Crippen molar-refractivity contribution in [2.45, 2.75) is 38.3 Å². The van der Waals surface area contributed by atoms with Gasteiger partial charge in [0, 0.05) is 24.0 Å². The molecule has 1 saturated carbocycles. The van der Waals surface area contributed by atoms with E-state index in [2.05, 4.69) is 0 Å². The molecule has 3 nitrogen and oxygen atoms in total. The van der Waals surface area contributed by atoms with Crippen LogP contribution in [-0.2, 0) is 4.79 Å². The summed E-state index contributed by atoms with van der Waals surface area (Å²) in [5.74, 6) is 0.255. The fourth-order valence-electron chi connectivity index (χ4n) is 2.74. The smallest absolute Gasteiger partial charge is 0.225 e. The second-order valence-corrected chi connectivity index (χ2v) is 5.82. The average Bonchev–Trinajstić information content (AvgIpc) is 2.83. The minimum atomic E-state index is -0.0157. The predicted octanol–water partition coefficient (Wildman–Crippen LogP) is 2.99. The molecule has 19 heavy (non-hydrogen) atoms. The van der Waals surface area contributed by atoms with Crippen molar-refractivity contribution < 1.29 is 4.79 Å². The third kappa shape index (κ3) is 3.10. The number of amides is 1. The Kier molecular flexibility index (Phi) is 4.48. The van der Waals surface area contributed by atoms with Crippen molar-refractivity contribution >= 4 is 17.5 Å². The van der Waals surface area contributed by atoms with Crippen molar-refractivity contribution in [2.75, 3.05) is 7.05 Å². The molecule has 1 aliphatic rings. The minimum absolute atomic E-state index is 0.0157. The highest BCUT2D eigenvalue weighted by Crippen LogP contribution is 2.31. The molecular formula is C15H21ClN2O. The molecule has 1 amide bonds. The maximum atomic E-state index is 12.4. The van der Waals surface area contributed by atoms with E-state index in [0.29, 0.717) is 5.02 Å². The highest BCUT2D eigenvalue weighted by Gasteiger charge is 2.31. The lowest BCUT2D eigenvalue weighted by Crippen LogP contribution is -2.34. The van der Waals surface area contributed by atoms with E-state index < -0.39 is 0 Å². The minimum Gasteiger partial charge on any atom is -0.339 e.